The molecule has 1 saturated heterocycles. The molecule has 14 heteroatoms. The van der Waals surface area contributed by atoms with Gasteiger partial charge in [-0.25, -0.2) is 9.98 Å². The van der Waals surface area contributed by atoms with E-state index in [1.807, 2.05) is 93.0 Å². The van der Waals surface area contributed by atoms with Gasteiger partial charge in [0.25, 0.3) is 5.56 Å². The molecule has 0 aliphatic carbocycles. The maximum absolute atomic E-state index is 13.1. The van der Waals surface area contributed by atoms with E-state index in [4.69, 9.17) is 23.4 Å². The number of methoxy groups -OCH3 is 2. The van der Waals surface area contributed by atoms with Crippen LogP contribution in [0.5, 0.6) is 11.5 Å². The lowest BCUT2D eigenvalue weighted by atomic mass is 9.80. The number of hydrogen-bond donors (Lipinski definition) is 2. The minimum Gasteiger partial charge on any atom is -0.497 e. The molecule has 1 fully saturated rings. The molecule has 1 aliphatic rings. The fraction of sp³-hybridized carbons (Fsp3) is 0.400. The molecule has 0 unspecified atom stereocenters. The van der Waals surface area contributed by atoms with Gasteiger partial charge in [0.05, 0.1) is 33.5 Å². The third-order valence-electron chi connectivity index (χ3n) is 10.3. The van der Waals surface area contributed by atoms with Gasteiger partial charge in [-0.1, -0.05) is 75.4 Å². The van der Waals surface area contributed by atoms with E-state index in [-0.39, 0.29) is 28.8 Å². The summed E-state index contributed by atoms with van der Waals surface area (Å²) < 4.78 is 33.5. The molecule has 2 N–H and O–H groups in total. The predicted octanol–water partition coefficient (Wildman–Crippen LogP) is 6.02. The van der Waals surface area contributed by atoms with E-state index in [0.717, 1.165) is 16.7 Å². The van der Waals surface area contributed by atoms with Gasteiger partial charge < -0.3 is 33.4 Å². The Kier molecular flexibility index (Phi) is 11.1. The average Bonchev–Trinajstić information content (AvgIpc) is 3.71. The molecule has 6 rings (SSSR count). The number of nitrogens with zero attached hydrogens (tertiary/aromatic N) is 5. The first-order valence-electron chi connectivity index (χ1n) is 17.9. The zero-order valence-electron chi connectivity index (χ0n) is 32.3. The molecule has 3 heterocycles. The van der Waals surface area contributed by atoms with Crippen molar-refractivity contribution >= 4 is 31.8 Å². The number of nitrogens with one attached hydrogen (secondary N) is 1. The third kappa shape index (κ3) is 7.57. The number of benzene rings is 3. The molecule has 286 valence electrons. The number of ether oxygens (including phenoxy) is 4. The Hall–Kier alpha value is -4.86. The molecule has 4 atom stereocenters. The Labute approximate surface area is 316 Å². The van der Waals surface area contributed by atoms with E-state index >= 15 is 0 Å². The van der Waals surface area contributed by atoms with Crippen molar-refractivity contribution < 1.29 is 28.5 Å². The Bertz CT molecular complexity index is 2060. The van der Waals surface area contributed by atoms with Gasteiger partial charge in [0.1, 0.15) is 35.4 Å². The highest BCUT2D eigenvalue weighted by Gasteiger charge is 2.52. The molecule has 2 aromatic heterocycles. The molecule has 1 aliphatic heterocycles. The van der Waals surface area contributed by atoms with Crippen molar-refractivity contribution in [1.82, 2.24) is 24.4 Å². The number of aromatic amines is 1. The topological polar surface area (TPSA) is 146 Å². The van der Waals surface area contributed by atoms with Crippen molar-refractivity contribution in [2.75, 3.05) is 34.9 Å². The van der Waals surface area contributed by atoms with E-state index < -0.39 is 44.0 Å². The molecule has 54 heavy (non-hydrogen) atoms. The van der Waals surface area contributed by atoms with Crippen LogP contribution in [-0.2, 0) is 19.5 Å². The summed E-state index contributed by atoms with van der Waals surface area (Å²) in [5.41, 5.74) is 1.32. The second kappa shape index (κ2) is 15.5. The summed E-state index contributed by atoms with van der Waals surface area (Å²) in [5.74, 6) is 1.51. The number of hydrogen-bond acceptors (Lipinski definition) is 10. The minimum absolute atomic E-state index is 0.0407. The molecule has 3 aromatic carbocycles. The van der Waals surface area contributed by atoms with Crippen molar-refractivity contribution in [2.24, 2.45) is 4.99 Å². The zero-order valence-corrected chi connectivity index (χ0v) is 33.3. The molecule has 0 radical (unpaired) electrons. The summed E-state index contributed by atoms with van der Waals surface area (Å²) in [6, 6.07) is 25.4. The molecule has 13 nitrogen and oxygen atoms in total. The van der Waals surface area contributed by atoms with Crippen LogP contribution in [-0.4, -0.2) is 97.4 Å². The number of H-pyrrole nitrogens is 1. The van der Waals surface area contributed by atoms with Gasteiger partial charge in [0.15, 0.2) is 25.7 Å². The van der Waals surface area contributed by atoms with Crippen LogP contribution in [0.3, 0.4) is 0 Å². The fourth-order valence-corrected chi connectivity index (χ4v) is 7.63. The lowest BCUT2D eigenvalue weighted by Gasteiger charge is -2.40. The van der Waals surface area contributed by atoms with Crippen molar-refractivity contribution in [2.45, 2.75) is 69.0 Å². The fourth-order valence-electron chi connectivity index (χ4n) is 6.34. The summed E-state index contributed by atoms with van der Waals surface area (Å²) in [5, 5.41) is 12.0. The van der Waals surface area contributed by atoms with Crippen LogP contribution in [0.1, 0.15) is 43.7 Å². The van der Waals surface area contributed by atoms with Crippen LogP contribution in [0.4, 0.5) is 5.95 Å². The number of aromatic nitrogens is 4. The summed E-state index contributed by atoms with van der Waals surface area (Å²) >= 11 is 0. The quantitative estimate of drug-likeness (QED) is 0.0634. The monoisotopic (exact) mass is 754 g/mol. The van der Waals surface area contributed by atoms with Gasteiger partial charge >= 0.3 is 0 Å². The summed E-state index contributed by atoms with van der Waals surface area (Å²) in [6.07, 6.45) is -0.703. The van der Waals surface area contributed by atoms with Crippen molar-refractivity contribution in [3.8, 4) is 11.5 Å². The van der Waals surface area contributed by atoms with Gasteiger partial charge in [-0.2, -0.15) is 4.98 Å². The summed E-state index contributed by atoms with van der Waals surface area (Å²) in [6.45, 7) is 10.6. The van der Waals surface area contributed by atoms with Gasteiger partial charge in [-0.05, 0) is 59.1 Å². The number of aliphatic hydroxyl groups excluding tert-OH is 1. The second-order valence-electron chi connectivity index (χ2n) is 15.1. The molecule has 0 saturated carbocycles. The highest BCUT2D eigenvalue weighted by atomic mass is 28.4. The van der Waals surface area contributed by atoms with E-state index in [1.165, 1.54) is 6.33 Å². The Balaban J connectivity index is 1.45. The van der Waals surface area contributed by atoms with Crippen molar-refractivity contribution in [3.05, 3.63) is 112 Å². The van der Waals surface area contributed by atoms with E-state index in [0.29, 0.717) is 11.5 Å². The molecule has 0 bridgehead atoms. The lowest BCUT2D eigenvalue weighted by molar-refractivity contribution is -0.0940. The van der Waals surface area contributed by atoms with Crippen molar-refractivity contribution in [1.29, 1.82) is 0 Å². The molecule has 0 amide bonds. The van der Waals surface area contributed by atoms with Gasteiger partial charge in [0.2, 0.25) is 5.95 Å². The van der Waals surface area contributed by atoms with Crippen LogP contribution in [0.25, 0.3) is 11.2 Å². The van der Waals surface area contributed by atoms with E-state index in [1.54, 1.807) is 30.0 Å². The van der Waals surface area contributed by atoms with Crippen LogP contribution in [0.15, 0.2) is 95.0 Å². The molecular formula is C40H50N6O7Si. The first kappa shape index (κ1) is 38.8. The standard InChI is InChI=1S/C40H50N6O7Si/c1-39(2,3)54(8,9)53-34-33(47)31(52-37(34)46-25-41-32-35(46)43-38(44-36(32)48)42-24-45(4)5)23-51-40(26-13-11-10-12-14-26,27-15-19-29(49-6)20-16-27)28-17-21-30(50-7)22-18-28/h10-22,24-25,31,33-34,37,47H,23H2,1-9H3,(H,43,44,48)/b42-24+/t31-,33-,34-,37-/m1/s1. The SMILES string of the molecule is COc1ccc(C(OC[C@H]2O[C@@H](n3cnc4c(=O)[nH]c(/N=C/N(C)C)nc43)[C@H](O[Si](C)(C)C(C)(C)C)[C@@H]2O)(c2ccccc2)c2ccc(OC)cc2)cc1. The lowest BCUT2D eigenvalue weighted by Crippen LogP contribution is -2.49. The molecule has 0 spiro atoms. The highest BCUT2D eigenvalue weighted by Crippen LogP contribution is 2.45. The van der Waals surface area contributed by atoms with Gasteiger partial charge in [0, 0.05) is 14.1 Å². The van der Waals surface area contributed by atoms with Gasteiger partial charge in [-0.3, -0.25) is 14.3 Å². The number of imidazole rings is 1. The maximum Gasteiger partial charge on any atom is 0.280 e. The van der Waals surface area contributed by atoms with Crippen LogP contribution in [0.2, 0.25) is 18.1 Å². The van der Waals surface area contributed by atoms with Gasteiger partial charge in [-0.15, -0.1) is 0 Å². The normalized spacial score (nSPS) is 19.4. The number of rotatable bonds is 13. The highest BCUT2D eigenvalue weighted by molar-refractivity contribution is 6.74. The van der Waals surface area contributed by atoms with Crippen molar-refractivity contribution in [3.63, 3.8) is 0 Å². The average molecular weight is 755 g/mol. The first-order chi connectivity index (χ1) is 25.7. The smallest absolute Gasteiger partial charge is 0.280 e. The third-order valence-corrected chi connectivity index (χ3v) is 14.8. The number of aliphatic hydroxyl groups is 1. The Morgan fingerprint density at radius 3 is 2.06 bits per heavy atom. The number of aliphatic imine (C=N–C) groups is 1. The maximum atomic E-state index is 13.1. The number of fused-ring (bicyclic) bond motifs is 1. The summed E-state index contributed by atoms with van der Waals surface area (Å²) in [4.78, 5) is 30.9. The minimum atomic E-state index is -2.50. The van der Waals surface area contributed by atoms with Crippen LogP contribution < -0.4 is 15.0 Å². The summed E-state index contributed by atoms with van der Waals surface area (Å²) in [7, 11) is 4.39. The zero-order chi connectivity index (χ0) is 38.8. The molecule has 5 aromatic rings. The van der Waals surface area contributed by atoms with Crippen LogP contribution in [0, 0.1) is 0 Å². The predicted molar refractivity (Wildman–Crippen MR) is 210 cm³/mol. The van der Waals surface area contributed by atoms with E-state index in [2.05, 4.69) is 53.8 Å². The second-order valence-corrected chi connectivity index (χ2v) is 19.9. The first-order valence-corrected chi connectivity index (χ1v) is 20.8. The Morgan fingerprint density at radius 1 is 0.944 bits per heavy atom. The Morgan fingerprint density at radius 2 is 1.52 bits per heavy atom. The van der Waals surface area contributed by atoms with Crippen LogP contribution >= 0.6 is 0 Å². The molecular weight excluding hydrogens is 705 g/mol. The van der Waals surface area contributed by atoms with E-state index in [9.17, 15) is 9.90 Å². The largest absolute Gasteiger partial charge is 0.497 e.